The quantitative estimate of drug-likeness (QED) is 0.109. The molecular formula is C37H55Cl4N4O16PPt. The van der Waals surface area contributed by atoms with Gasteiger partial charge >= 0.3 is 49.0 Å². The number of methoxy groups -OCH3 is 2. The number of phenols is 1. The van der Waals surface area contributed by atoms with Crippen molar-refractivity contribution in [2.45, 2.75) is 62.4 Å². The number of halogens is 4. The molecule has 63 heavy (non-hydrogen) atoms. The van der Waals surface area contributed by atoms with Crippen LogP contribution in [0.2, 0.25) is 0 Å². The van der Waals surface area contributed by atoms with Crippen molar-refractivity contribution >= 4 is 55.7 Å². The number of carbonyl (C=O) groups is 1. The van der Waals surface area contributed by atoms with Crippen molar-refractivity contribution in [1.82, 2.24) is 9.76 Å². The van der Waals surface area contributed by atoms with Gasteiger partial charge in [0.2, 0.25) is 12.5 Å². The Morgan fingerprint density at radius 3 is 2.17 bits per heavy atom. The third kappa shape index (κ3) is 12.5. The summed E-state index contributed by atoms with van der Waals surface area (Å²) in [4.78, 5) is 13.4. The van der Waals surface area contributed by atoms with Crippen molar-refractivity contribution in [2.75, 3.05) is 79.3 Å². The van der Waals surface area contributed by atoms with E-state index in [0.29, 0.717) is 59.6 Å². The summed E-state index contributed by atoms with van der Waals surface area (Å²) in [7, 11) is 10.8. The second-order valence-electron chi connectivity index (χ2n) is 14.0. The van der Waals surface area contributed by atoms with Gasteiger partial charge in [0.15, 0.2) is 35.6 Å². The molecule has 20 nitrogen and oxygen atoms in total. The minimum atomic E-state index is -2.84. The van der Waals surface area contributed by atoms with E-state index in [4.69, 9.17) is 94.3 Å². The van der Waals surface area contributed by atoms with Gasteiger partial charge in [-0.1, -0.05) is 0 Å². The fourth-order valence-corrected chi connectivity index (χ4v) is 10.6. The van der Waals surface area contributed by atoms with Crippen LogP contribution in [0.15, 0.2) is 24.3 Å². The molecule has 2 aromatic carbocycles. The largest absolute Gasteiger partial charge is 0.693 e. The van der Waals surface area contributed by atoms with Crippen molar-refractivity contribution in [3.63, 3.8) is 0 Å². The zero-order chi connectivity index (χ0) is 44.4. The van der Waals surface area contributed by atoms with Gasteiger partial charge in [-0.05, 0) is 54.3 Å². The van der Waals surface area contributed by atoms with Gasteiger partial charge in [-0.2, -0.15) is 0 Å². The number of aliphatic hydroxyl groups excluding tert-OH is 3. The number of benzene rings is 2. The molecule has 1 aliphatic carbocycles. The number of hydrogen-bond donors (Lipinski definition) is 5. The van der Waals surface area contributed by atoms with Gasteiger partial charge in [-0.3, -0.25) is 9.36 Å². The predicted molar refractivity (Wildman–Crippen MR) is 228 cm³/mol. The van der Waals surface area contributed by atoms with E-state index in [9.17, 15) is 24.7 Å². The van der Waals surface area contributed by atoms with E-state index in [-0.39, 0.29) is 49.6 Å². The van der Waals surface area contributed by atoms with Gasteiger partial charge < -0.3 is 79.9 Å². The van der Waals surface area contributed by atoms with Crippen LogP contribution in [0.4, 0.5) is 0 Å². The van der Waals surface area contributed by atoms with Crippen molar-refractivity contribution in [3.8, 4) is 28.7 Å². The molecular weight excluding hydrogens is 1120 g/mol. The molecule has 8 rings (SSSR count). The molecule has 11 atom stereocenters. The van der Waals surface area contributed by atoms with Gasteiger partial charge in [0.1, 0.15) is 24.4 Å². The van der Waals surface area contributed by atoms with E-state index in [1.54, 1.807) is 35.9 Å². The van der Waals surface area contributed by atoms with Gasteiger partial charge in [0, 0.05) is 50.3 Å². The fourth-order valence-electron chi connectivity index (χ4n) is 8.05. The smallest absolute Gasteiger partial charge is 0.693 e. The Morgan fingerprint density at radius 2 is 1.57 bits per heavy atom. The number of cyclic esters (lactones) is 1. The van der Waals surface area contributed by atoms with E-state index in [0.717, 1.165) is 20.1 Å². The van der Waals surface area contributed by atoms with Crippen LogP contribution >= 0.6 is 49.7 Å². The van der Waals surface area contributed by atoms with Crippen molar-refractivity contribution < 1.29 is 93.4 Å². The molecule has 4 saturated heterocycles. The van der Waals surface area contributed by atoms with Crippen LogP contribution < -0.4 is 24.0 Å². The average molecular weight is 1180 g/mol. The van der Waals surface area contributed by atoms with Gasteiger partial charge in [-0.25, -0.2) is 9.76 Å². The number of nitrogens with two attached hydrogens (primary N) is 2. The Kier molecular flexibility index (Phi) is 23.2. The Balaban J connectivity index is 0.000000426. The number of nitrogens with one attached hydrogen (secondary N) is 1. The van der Waals surface area contributed by atoms with Crippen molar-refractivity contribution in [2.24, 2.45) is 11.8 Å². The molecule has 2 unspecified atom stereocenters. The number of nitrogens with zero attached hydrogens (tertiary/aromatic N) is 1. The molecule has 0 saturated carbocycles. The predicted octanol–water partition coefficient (Wildman–Crippen LogP) is 5.64. The molecule has 0 amide bonds. The molecule has 5 aliphatic heterocycles. The number of esters is 1. The normalized spacial score (nSPS) is 31.3. The summed E-state index contributed by atoms with van der Waals surface area (Å²) in [6.07, 6.45) is -5.90. The van der Waals surface area contributed by atoms with E-state index in [2.05, 4.69) is 5.09 Å². The number of carbonyl (C=O) groups excluding carboxylic acids is 1. The Bertz CT molecular complexity index is 1790. The van der Waals surface area contributed by atoms with E-state index in [1.807, 2.05) is 0 Å². The van der Waals surface area contributed by atoms with Gasteiger partial charge in [0.25, 0.3) is 0 Å². The van der Waals surface area contributed by atoms with Crippen LogP contribution in [0.3, 0.4) is 0 Å². The van der Waals surface area contributed by atoms with Gasteiger partial charge in [0.05, 0.1) is 46.1 Å². The molecule has 0 spiro atoms. The molecule has 4 fully saturated rings. The first-order valence-corrected chi connectivity index (χ1v) is 27.3. The number of aliphatic hydroxyl groups is 3. The molecule has 2 aromatic rings. The number of ether oxygens (including phenoxy) is 9. The summed E-state index contributed by atoms with van der Waals surface area (Å²) in [5.74, 6) is -0.152. The molecule has 9 N–H and O–H groups in total. The number of fused-ring (bicyclic) bond motifs is 4. The van der Waals surface area contributed by atoms with Crippen LogP contribution in [0.1, 0.15) is 42.1 Å². The zero-order valence-electron chi connectivity index (χ0n) is 34.7. The third-order valence-electron chi connectivity index (χ3n) is 10.7. The average Bonchev–Trinajstić information content (AvgIpc) is 3.89. The third-order valence-corrected chi connectivity index (χ3v) is 13.4. The Hall–Kier alpha value is -1.49. The summed E-state index contributed by atoms with van der Waals surface area (Å²) >= 11 is 10.7. The first-order chi connectivity index (χ1) is 29.4. The molecule has 362 valence electrons. The number of hydrogen-bond acceptors (Lipinski definition) is 16. The van der Waals surface area contributed by atoms with Crippen LogP contribution in [0.25, 0.3) is 12.3 Å². The summed E-state index contributed by atoms with van der Waals surface area (Å²) < 4.78 is 70.8. The van der Waals surface area contributed by atoms with Crippen molar-refractivity contribution in [1.29, 1.82) is 0 Å². The molecule has 5 heterocycles. The Morgan fingerprint density at radius 1 is 0.937 bits per heavy atom. The topological polar surface area (TPSA) is 290 Å². The van der Waals surface area contributed by atoms with Gasteiger partial charge in [-0.15, -0.1) is 23.2 Å². The monoisotopic (exact) mass is 1180 g/mol. The van der Waals surface area contributed by atoms with Crippen LogP contribution in [-0.2, 0) is 54.0 Å². The minimum absolute atomic E-state index is 0. The SMILES string of the molecule is CO.COc1cc([C@@H]2c3cc4c(cc3C(O[C@@H]3O[C@@H]5CO[C@@H](C)O[C@H]5[C@H](O)[C@H]3O)[C@H]3COC(=O)[C@H]23)OCO4)cc(OC)c1O.O=P1(NCCCl)OCCCN1CCCl.[Cl][Pt+2][Cl].[NH2-].[NH2-]. The van der Waals surface area contributed by atoms with E-state index >= 15 is 0 Å². The molecule has 0 radical (unpaired) electrons. The summed E-state index contributed by atoms with van der Waals surface area (Å²) in [5.41, 5.74) is 2.01. The van der Waals surface area contributed by atoms with Crippen molar-refractivity contribution in [3.05, 3.63) is 53.3 Å². The van der Waals surface area contributed by atoms with Crippen LogP contribution in [0.5, 0.6) is 28.7 Å². The first-order valence-electron chi connectivity index (χ1n) is 19.1. The zero-order valence-corrected chi connectivity index (χ0v) is 40.9. The molecule has 0 aromatic heterocycles. The van der Waals surface area contributed by atoms with Crippen LogP contribution in [-0.4, -0.2) is 147 Å². The van der Waals surface area contributed by atoms with Crippen LogP contribution in [0, 0.1) is 11.8 Å². The molecule has 6 aliphatic rings. The molecule has 0 bridgehead atoms. The minimum Gasteiger partial charge on any atom is -0.693 e. The maximum absolute atomic E-state index is 13.4. The number of phenolic OH excluding ortho intramolecular Hbond substituents is 1. The summed E-state index contributed by atoms with van der Waals surface area (Å²) in [6, 6.07) is 6.93. The van der Waals surface area contributed by atoms with E-state index < -0.39 is 91.0 Å². The second-order valence-corrected chi connectivity index (χ2v) is 20.2. The maximum Gasteiger partial charge on any atom is -0.693 e. The summed E-state index contributed by atoms with van der Waals surface area (Å²) in [6.45, 7) is 4.29. The first kappa shape index (κ1) is 55.8. The maximum atomic E-state index is 13.4. The standard InChI is InChI=1S/C29H32O13.C7H15Cl2N2O2P.CH4O.2ClH.2H2N.Pt/c1-11-36-9-20-27(40-11)24(31)25(32)29(41-20)42-26-14-7-17-16(38-10-39-17)6-13(14)21(22-15(26)8-37-28(22)33)12-4-18(34-2)23(30)19(5-12)35-3;8-2-4-10-14(12)11(6-3-9)5-1-7-13-14;1-2;;;;;/h4-7,11,15,20-22,24-27,29-32H,8-10H2,1-3H3;1-7H2,(H,10,12);2H,1H3;2*1H;2*1H2;/q;;;;;2*-1;+4/p-2/t11-,15+,20-,21-,22+,24-,25-,26?,27-,29+;;;;;;;/m1......./s1. The Labute approximate surface area is 392 Å². The molecule has 26 heteroatoms. The number of alkyl halides is 2. The summed E-state index contributed by atoms with van der Waals surface area (Å²) in [5, 5.41) is 42.4. The number of rotatable bonds is 10. The second kappa shape index (κ2) is 26.2. The number of aromatic hydroxyl groups is 1. The van der Waals surface area contributed by atoms with E-state index in [1.165, 1.54) is 14.2 Å². The fraction of sp³-hybridized carbons (Fsp3) is 0.649.